The lowest BCUT2D eigenvalue weighted by Crippen LogP contribution is -2.27. The molecule has 1 aromatic heterocycles. The summed E-state index contributed by atoms with van der Waals surface area (Å²) in [7, 11) is 5.79. The molecule has 5 heteroatoms. The van der Waals surface area contributed by atoms with Crippen LogP contribution in [0.25, 0.3) is 11.1 Å². The molecule has 0 aliphatic rings. The highest BCUT2D eigenvalue weighted by Gasteiger charge is 2.18. The van der Waals surface area contributed by atoms with E-state index in [0.29, 0.717) is 12.6 Å². The molecule has 0 saturated heterocycles. The van der Waals surface area contributed by atoms with Gasteiger partial charge >= 0.3 is 0 Å². The second-order valence-electron chi connectivity index (χ2n) is 5.59. The van der Waals surface area contributed by atoms with E-state index in [9.17, 15) is 0 Å². The van der Waals surface area contributed by atoms with Crippen LogP contribution in [0.15, 0.2) is 52.9 Å². The molecule has 0 spiro atoms. The maximum Gasteiger partial charge on any atom is 0.295 e. The number of methoxy groups -OCH3 is 1. The third kappa shape index (κ3) is 3.29. The molecule has 23 heavy (non-hydrogen) atoms. The number of aromatic nitrogens is 1. The number of hydrogen-bond donors (Lipinski definition) is 1. The summed E-state index contributed by atoms with van der Waals surface area (Å²) in [5.74, 6) is 0.880. The van der Waals surface area contributed by atoms with Gasteiger partial charge in [-0.25, -0.2) is 0 Å². The molecule has 2 aromatic carbocycles. The Kier molecular flexibility index (Phi) is 4.48. The van der Waals surface area contributed by atoms with Gasteiger partial charge in [0.1, 0.15) is 11.3 Å². The monoisotopic (exact) mass is 311 g/mol. The van der Waals surface area contributed by atoms with E-state index >= 15 is 0 Å². The van der Waals surface area contributed by atoms with Crippen molar-refractivity contribution in [3.05, 3.63) is 54.1 Å². The van der Waals surface area contributed by atoms with Crippen LogP contribution >= 0.6 is 0 Å². The molecule has 1 heterocycles. The van der Waals surface area contributed by atoms with Crippen molar-refractivity contribution in [2.24, 2.45) is 0 Å². The van der Waals surface area contributed by atoms with Gasteiger partial charge in [0, 0.05) is 12.1 Å². The lowest BCUT2D eigenvalue weighted by atomic mass is 10.0. The third-order valence-electron chi connectivity index (χ3n) is 3.86. The Morgan fingerprint density at radius 1 is 1.13 bits per heavy atom. The number of fused-ring (bicyclic) bond motifs is 1. The number of rotatable bonds is 6. The van der Waals surface area contributed by atoms with E-state index in [1.807, 2.05) is 56.6 Å². The summed E-state index contributed by atoms with van der Waals surface area (Å²) >= 11 is 0. The van der Waals surface area contributed by atoms with Gasteiger partial charge in [0.25, 0.3) is 6.01 Å². The zero-order valence-corrected chi connectivity index (χ0v) is 13.6. The second kappa shape index (κ2) is 6.71. The van der Waals surface area contributed by atoms with Crippen molar-refractivity contribution < 1.29 is 9.15 Å². The smallest absolute Gasteiger partial charge is 0.295 e. The lowest BCUT2D eigenvalue weighted by Gasteiger charge is -2.26. The Labute approximate surface area is 135 Å². The average molecular weight is 311 g/mol. The number of nitrogens with zero attached hydrogens (tertiary/aromatic N) is 2. The van der Waals surface area contributed by atoms with Crippen molar-refractivity contribution in [2.45, 2.75) is 6.04 Å². The highest BCUT2D eigenvalue weighted by Crippen LogP contribution is 2.28. The molecular weight excluding hydrogens is 290 g/mol. The van der Waals surface area contributed by atoms with Crippen LogP contribution < -0.4 is 10.1 Å². The second-order valence-corrected chi connectivity index (χ2v) is 5.59. The summed E-state index contributed by atoms with van der Waals surface area (Å²) in [4.78, 5) is 6.60. The average Bonchev–Trinajstić information content (AvgIpc) is 2.98. The molecule has 3 rings (SSSR count). The Bertz CT molecular complexity index is 750. The summed E-state index contributed by atoms with van der Waals surface area (Å²) in [6.45, 7) is 0.667. The minimum Gasteiger partial charge on any atom is -0.496 e. The van der Waals surface area contributed by atoms with Crippen molar-refractivity contribution in [3.63, 3.8) is 0 Å². The number of hydrogen-bond acceptors (Lipinski definition) is 5. The molecule has 0 aliphatic heterocycles. The molecule has 1 unspecified atom stereocenters. The first kappa shape index (κ1) is 15.4. The highest BCUT2D eigenvalue weighted by atomic mass is 16.5. The number of ether oxygens (including phenoxy) is 1. The van der Waals surface area contributed by atoms with Crippen LogP contribution in [0.2, 0.25) is 0 Å². The van der Waals surface area contributed by atoms with E-state index in [-0.39, 0.29) is 6.04 Å². The van der Waals surface area contributed by atoms with E-state index in [1.165, 1.54) is 0 Å². The number of nitrogens with one attached hydrogen (secondary N) is 1. The summed E-state index contributed by atoms with van der Waals surface area (Å²) in [5.41, 5.74) is 2.77. The summed E-state index contributed by atoms with van der Waals surface area (Å²) < 4.78 is 11.2. The molecule has 0 aliphatic carbocycles. The van der Waals surface area contributed by atoms with Gasteiger partial charge in [0.2, 0.25) is 0 Å². The van der Waals surface area contributed by atoms with Crippen molar-refractivity contribution in [3.8, 4) is 5.75 Å². The first-order chi connectivity index (χ1) is 11.2. The minimum atomic E-state index is 0.140. The Hall–Kier alpha value is -2.53. The maximum absolute atomic E-state index is 5.72. The van der Waals surface area contributed by atoms with Crippen LogP contribution in [0.1, 0.15) is 11.6 Å². The zero-order chi connectivity index (χ0) is 16.2. The molecule has 0 bridgehead atoms. The topological polar surface area (TPSA) is 50.5 Å². The highest BCUT2D eigenvalue weighted by molar-refractivity contribution is 5.74. The largest absolute Gasteiger partial charge is 0.496 e. The zero-order valence-electron chi connectivity index (χ0n) is 13.6. The van der Waals surface area contributed by atoms with E-state index in [1.54, 1.807) is 7.11 Å². The van der Waals surface area contributed by atoms with Crippen molar-refractivity contribution in [1.29, 1.82) is 0 Å². The Morgan fingerprint density at radius 2 is 1.87 bits per heavy atom. The third-order valence-corrected chi connectivity index (χ3v) is 3.86. The van der Waals surface area contributed by atoms with Crippen molar-refractivity contribution >= 4 is 17.1 Å². The Morgan fingerprint density at radius 3 is 2.61 bits per heavy atom. The van der Waals surface area contributed by atoms with Gasteiger partial charge in [0.05, 0.1) is 13.2 Å². The van der Waals surface area contributed by atoms with Crippen LogP contribution in [-0.4, -0.2) is 37.6 Å². The normalized spacial score (nSPS) is 12.5. The molecule has 0 fully saturated rings. The SMILES string of the molecule is COc1ccccc1C(CNc1nc2ccccc2o1)N(C)C. The molecule has 0 radical (unpaired) electrons. The maximum atomic E-state index is 5.72. The van der Waals surface area contributed by atoms with Gasteiger partial charge in [-0.3, -0.25) is 0 Å². The molecular formula is C18H21N3O2. The van der Waals surface area contributed by atoms with Crippen LogP contribution in [0.5, 0.6) is 5.75 Å². The molecule has 0 saturated carbocycles. The predicted molar refractivity (Wildman–Crippen MR) is 91.9 cm³/mol. The van der Waals surface area contributed by atoms with Gasteiger partial charge in [-0.05, 0) is 32.3 Å². The quantitative estimate of drug-likeness (QED) is 0.754. The molecule has 5 nitrogen and oxygen atoms in total. The summed E-state index contributed by atoms with van der Waals surface area (Å²) in [6, 6.07) is 16.5. The van der Waals surface area contributed by atoms with Gasteiger partial charge < -0.3 is 19.4 Å². The number of para-hydroxylation sites is 3. The fourth-order valence-corrected chi connectivity index (χ4v) is 2.64. The first-order valence-corrected chi connectivity index (χ1v) is 7.58. The fraction of sp³-hybridized carbons (Fsp3) is 0.278. The van der Waals surface area contributed by atoms with E-state index in [0.717, 1.165) is 22.4 Å². The summed E-state index contributed by atoms with van der Waals surface area (Å²) in [5, 5.41) is 3.29. The van der Waals surface area contributed by atoms with Crippen LogP contribution in [0.4, 0.5) is 6.01 Å². The molecule has 1 N–H and O–H groups in total. The standard InChI is InChI=1S/C18H21N3O2/c1-21(2)15(13-8-4-6-10-16(13)22-3)12-19-18-20-14-9-5-7-11-17(14)23-18/h4-11,15H,12H2,1-3H3,(H,19,20). The van der Waals surface area contributed by atoms with E-state index in [4.69, 9.17) is 9.15 Å². The number of oxazole rings is 1. The Balaban J connectivity index is 1.80. The predicted octanol–water partition coefficient (Wildman–Crippen LogP) is 3.55. The molecule has 3 aromatic rings. The number of anilines is 1. The molecule has 1 atom stereocenters. The van der Waals surface area contributed by atoms with Crippen LogP contribution in [-0.2, 0) is 0 Å². The fourth-order valence-electron chi connectivity index (χ4n) is 2.64. The minimum absolute atomic E-state index is 0.140. The van der Waals surface area contributed by atoms with Crippen LogP contribution in [0.3, 0.4) is 0 Å². The molecule has 120 valence electrons. The van der Waals surface area contributed by atoms with Crippen molar-refractivity contribution in [2.75, 3.05) is 33.1 Å². The lowest BCUT2D eigenvalue weighted by molar-refractivity contribution is 0.298. The molecule has 0 amide bonds. The summed E-state index contributed by atoms with van der Waals surface area (Å²) in [6.07, 6.45) is 0. The van der Waals surface area contributed by atoms with Gasteiger partial charge in [-0.2, -0.15) is 4.98 Å². The first-order valence-electron chi connectivity index (χ1n) is 7.58. The van der Waals surface area contributed by atoms with E-state index < -0.39 is 0 Å². The van der Waals surface area contributed by atoms with Gasteiger partial charge in [-0.15, -0.1) is 0 Å². The van der Waals surface area contributed by atoms with E-state index in [2.05, 4.69) is 21.3 Å². The van der Waals surface area contributed by atoms with Gasteiger partial charge in [0.15, 0.2) is 5.58 Å². The number of benzene rings is 2. The van der Waals surface area contributed by atoms with Gasteiger partial charge in [-0.1, -0.05) is 30.3 Å². The number of likely N-dealkylation sites (N-methyl/N-ethyl adjacent to an activating group) is 1. The van der Waals surface area contributed by atoms with Crippen LogP contribution in [0, 0.1) is 0 Å². The van der Waals surface area contributed by atoms with Crippen molar-refractivity contribution in [1.82, 2.24) is 9.88 Å².